The monoisotopic (exact) mass is 326 g/mol. The van der Waals surface area contributed by atoms with Crippen LogP contribution in [0.3, 0.4) is 0 Å². The molecule has 6 nitrogen and oxygen atoms in total. The number of nitrogens with zero attached hydrogens (tertiary/aromatic N) is 2. The molecule has 0 unspecified atom stereocenters. The van der Waals surface area contributed by atoms with Gasteiger partial charge in [-0.1, -0.05) is 0 Å². The second kappa shape index (κ2) is 6.64. The van der Waals surface area contributed by atoms with Crippen LogP contribution in [0.1, 0.15) is 33.0 Å². The Morgan fingerprint density at radius 2 is 2.32 bits per heavy atom. The Balaban J connectivity index is 2.11. The Morgan fingerprint density at radius 1 is 1.59 bits per heavy atom. The molecule has 0 saturated carbocycles. The number of rotatable bonds is 4. The highest BCUT2D eigenvalue weighted by Crippen LogP contribution is 2.27. The Kier molecular flexibility index (Phi) is 5.05. The van der Waals surface area contributed by atoms with Crippen molar-refractivity contribution in [3.05, 3.63) is 24.2 Å². The molecule has 0 spiro atoms. The van der Waals surface area contributed by atoms with Gasteiger partial charge in [0.05, 0.1) is 12.8 Å². The van der Waals surface area contributed by atoms with Gasteiger partial charge in [0.1, 0.15) is 17.5 Å². The standard InChI is InChI=1S/C15H22N2O4S/c1-15(2,3)21-14(19)17-9-12(22)7-13(17)16(10-18)8-11-5-4-6-20-11/h4-6,10,12-13,22H,7-9H2,1-3H3/t12-,13-/m0/s1. The summed E-state index contributed by atoms with van der Waals surface area (Å²) >= 11 is 4.45. The van der Waals surface area contributed by atoms with E-state index in [4.69, 9.17) is 9.15 Å². The number of furan rings is 1. The third-order valence-electron chi connectivity index (χ3n) is 3.31. The van der Waals surface area contributed by atoms with Gasteiger partial charge in [0.25, 0.3) is 0 Å². The topological polar surface area (TPSA) is 63.0 Å². The van der Waals surface area contributed by atoms with Crippen LogP contribution < -0.4 is 0 Å². The summed E-state index contributed by atoms with van der Waals surface area (Å²) in [5, 5.41) is 0.0107. The minimum absolute atomic E-state index is 0.0107. The number of carbonyl (C=O) groups excluding carboxylic acids is 2. The van der Waals surface area contributed by atoms with Crippen molar-refractivity contribution in [3.8, 4) is 0 Å². The SMILES string of the molecule is CC(C)(C)OC(=O)N1C[C@@H](S)C[C@H]1N(C=O)Cc1ccco1. The molecule has 122 valence electrons. The van der Waals surface area contributed by atoms with Gasteiger partial charge in [-0.05, 0) is 39.3 Å². The zero-order valence-corrected chi connectivity index (χ0v) is 14.0. The third kappa shape index (κ3) is 4.19. The highest BCUT2D eigenvalue weighted by molar-refractivity contribution is 7.81. The van der Waals surface area contributed by atoms with Gasteiger partial charge >= 0.3 is 6.09 Å². The van der Waals surface area contributed by atoms with Crippen molar-refractivity contribution in [1.82, 2.24) is 9.80 Å². The zero-order valence-electron chi connectivity index (χ0n) is 13.1. The molecule has 2 amide bonds. The minimum atomic E-state index is -0.580. The highest BCUT2D eigenvalue weighted by atomic mass is 32.1. The van der Waals surface area contributed by atoms with E-state index in [1.165, 1.54) is 0 Å². The summed E-state index contributed by atoms with van der Waals surface area (Å²) in [5.74, 6) is 0.666. The second-order valence-corrected chi connectivity index (χ2v) is 7.09. The number of hydrogen-bond donors (Lipinski definition) is 1. The summed E-state index contributed by atoms with van der Waals surface area (Å²) in [6.07, 6.45) is 2.08. The molecule has 22 heavy (non-hydrogen) atoms. The van der Waals surface area contributed by atoms with Gasteiger partial charge in [0.2, 0.25) is 6.41 Å². The van der Waals surface area contributed by atoms with Crippen LogP contribution in [0.2, 0.25) is 0 Å². The van der Waals surface area contributed by atoms with E-state index in [0.717, 1.165) is 6.41 Å². The van der Waals surface area contributed by atoms with Gasteiger partial charge in [-0.3, -0.25) is 9.69 Å². The maximum absolute atomic E-state index is 12.3. The molecule has 0 aliphatic carbocycles. The van der Waals surface area contributed by atoms with Crippen LogP contribution >= 0.6 is 12.6 Å². The normalized spacial score (nSPS) is 21.7. The van der Waals surface area contributed by atoms with Crippen LogP contribution in [0.15, 0.2) is 22.8 Å². The lowest BCUT2D eigenvalue weighted by Gasteiger charge is -2.33. The van der Waals surface area contributed by atoms with Crippen molar-refractivity contribution < 1.29 is 18.7 Å². The van der Waals surface area contributed by atoms with Crippen LogP contribution in [0.5, 0.6) is 0 Å². The van der Waals surface area contributed by atoms with Crippen LogP contribution in [-0.2, 0) is 16.1 Å². The summed E-state index contributed by atoms with van der Waals surface area (Å²) in [6, 6.07) is 3.56. The van der Waals surface area contributed by atoms with E-state index in [1.54, 1.807) is 28.2 Å². The van der Waals surface area contributed by atoms with Crippen molar-refractivity contribution >= 4 is 25.1 Å². The van der Waals surface area contributed by atoms with Gasteiger partial charge in [-0.25, -0.2) is 4.79 Å². The summed E-state index contributed by atoms with van der Waals surface area (Å²) in [6.45, 7) is 6.20. The van der Waals surface area contributed by atoms with E-state index in [9.17, 15) is 9.59 Å². The van der Waals surface area contributed by atoms with Crippen molar-refractivity contribution in [1.29, 1.82) is 0 Å². The van der Waals surface area contributed by atoms with Gasteiger partial charge in [0, 0.05) is 11.8 Å². The van der Waals surface area contributed by atoms with E-state index in [-0.39, 0.29) is 11.4 Å². The summed E-state index contributed by atoms with van der Waals surface area (Å²) < 4.78 is 10.7. The highest BCUT2D eigenvalue weighted by Gasteiger charge is 2.39. The molecule has 2 heterocycles. The smallest absolute Gasteiger partial charge is 0.411 e. The van der Waals surface area contributed by atoms with Crippen molar-refractivity contribution in [2.24, 2.45) is 0 Å². The van der Waals surface area contributed by atoms with Crippen LogP contribution in [0, 0.1) is 0 Å². The predicted molar refractivity (Wildman–Crippen MR) is 84.4 cm³/mol. The molecule has 2 rings (SSSR count). The first-order valence-corrected chi connectivity index (χ1v) is 7.73. The number of thiol groups is 1. The van der Waals surface area contributed by atoms with Crippen LogP contribution in [0.4, 0.5) is 4.79 Å². The lowest BCUT2D eigenvalue weighted by Crippen LogP contribution is -2.48. The van der Waals surface area contributed by atoms with Gasteiger partial charge in [0.15, 0.2) is 0 Å². The van der Waals surface area contributed by atoms with Gasteiger partial charge in [-0.2, -0.15) is 12.6 Å². The first-order chi connectivity index (χ1) is 10.3. The Labute approximate surface area is 135 Å². The summed E-state index contributed by atoms with van der Waals surface area (Å²) in [5.41, 5.74) is -0.580. The molecule has 0 bridgehead atoms. The van der Waals surface area contributed by atoms with Crippen molar-refractivity contribution in [3.63, 3.8) is 0 Å². The van der Waals surface area contributed by atoms with E-state index < -0.39 is 11.7 Å². The molecule has 1 aliphatic heterocycles. The van der Waals surface area contributed by atoms with Gasteiger partial charge < -0.3 is 14.1 Å². The molecule has 0 N–H and O–H groups in total. The molecule has 1 saturated heterocycles. The van der Waals surface area contributed by atoms with Gasteiger partial charge in [-0.15, -0.1) is 0 Å². The van der Waals surface area contributed by atoms with E-state index in [2.05, 4.69) is 12.6 Å². The number of carbonyl (C=O) groups is 2. The van der Waals surface area contributed by atoms with E-state index in [1.807, 2.05) is 20.8 Å². The number of ether oxygens (including phenoxy) is 1. The zero-order chi connectivity index (χ0) is 16.3. The quantitative estimate of drug-likeness (QED) is 0.682. The molecule has 1 aromatic heterocycles. The lowest BCUT2D eigenvalue weighted by atomic mass is 10.2. The Bertz CT molecular complexity index is 512. The predicted octanol–water partition coefficient (Wildman–Crippen LogP) is 2.50. The van der Waals surface area contributed by atoms with Crippen molar-refractivity contribution in [2.45, 2.75) is 50.8 Å². The first-order valence-electron chi connectivity index (χ1n) is 7.21. The van der Waals surface area contributed by atoms with Crippen LogP contribution in [0.25, 0.3) is 0 Å². The molecule has 1 aliphatic rings. The summed E-state index contributed by atoms with van der Waals surface area (Å²) in [4.78, 5) is 26.9. The minimum Gasteiger partial charge on any atom is -0.467 e. The third-order valence-corrected chi connectivity index (χ3v) is 3.69. The average Bonchev–Trinajstić information content (AvgIpc) is 3.03. The second-order valence-electron chi connectivity index (χ2n) is 6.36. The maximum atomic E-state index is 12.3. The number of amides is 2. The van der Waals surface area contributed by atoms with E-state index in [0.29, 0.717) is 25.3 Å². The summed E-state index contributed by atoms with van der Waals surface area (Å²) in [7, 11) is 0. The molecule has 1 fully saturated rings. The Hall–Kier alpha value is -1.63. The molecule has 1 aromatic rings. The fraction of sp³-hybridized carbons (Fsp3) is 0.600. The van der Waals surface area contributed by atoms with E-state index >= 15 is 0 Å². The Morgan fingerprint density at radius 3 is 2.86 bits per heavy atom. The largest absolute Gasteiger partial charge is 0.467 e. The molecular formula is C15H22N2O4S. The molecule has 7 heteroatoms. The number of hydrogen-bond acceptors (Lipinski definition) is 5. The molecular weight excluding hydrogens is 304 g/mol. The lowest BCUT2D eigenvalue weighted by molar-refractivity contribution is -0.123. The number of likely N-dealkylation sites (tertiary alicyclic amines) is 1. The fourth-order valence-corrected chi connectivity index (χ4v) is 2.78. The molecule has 0 aromatic carbocycles. The maximum Gasteiger partial charge on any atom is 0.411 e. The fourth-order valence-electron chi connectivity index (χ4n) is 2.42. The van der Waals surface area contributed by atoms with Crippen molar-refractivity contribution in [2.75, 3.05) is 6.54 Å². The average molecular weight is 326 g/mol. The molecule has 2 atom stereocenters. The van der Waals surface area contributed by atoms with Crippen LogP contribution in [-0.4, -0.2) is 45.9 Å². The molecule has 0 radical (unpaired) electrons. The first kappa shape index (κ1) is 16.7.